The van der Waals surface area contributed by atoms with Gasteiger partial charge in [0.15, 0.2) is 0 Å². The Balaban J connectivity index is 0. The summed E-state index contributed by atoms with van der Waals surface area (Å²) in [5.41, 5.74) is 0. The van der Waals surface area contributed by atoms with Gasteiger partial charge in [-0.05, 0) is 0 Å². The molecule has 4 heavy (non-hydrogen) atoms. The molecule has 0 aliphatic heterocycles. The number of hydrogen-bond donors (Lipinski definition) is 0. The maximum atomic E-state index is 0. The van der Waals surface area contributed by atoms with Crippen LogP contribution in [0.1, 0.15) is 0 Å². The predicted molar refractivity (Wildman–Crippen MR) is 5.75 cm³/mol. The van der Waals surface area contributed by atoms with Crippen molar-refractivity contribution in [2.75, 3.05) is 0 Å². The molecule has 0 atom stereocenters. The Morgan fingerprint density at radius 1 is 1.00 bits per heavy atom. The second-order valence-electron chi connectivity index (χ2n) is 0. The smallest absolute Gasteiger partial charge is 0 e. The summed E-state index contributed by atoms with van der Waals surface area (Å²) >= 11 is 0. The van der Waals surface area contributed by atoms with Gasteiger partial charge < -0.3 is 0 Å². The zero-order chi connectivity index (χ0) is 0. The van der Waals surface area contributed by atoms with E-state index in [0.29, 0.717) is 0 Å². The van der Waals surface area contributed by atoms with Crippen molar-refractivity contribution in [1.82, 2.24) is 0 Å². The molecule has 0 aromatic rings. The van der Waals surface area contributed by atoms with Gasteiger partial charge in [-0.2, -0.15) is 0 Å². The van der Waals surface area contributed by atoms with Gasteiger partial charge in [0.2, 0.25) is 0 Å². The molecule has 4 heteroatoms. The first-order valence-electron chi connectivity index (χ1n) is 0. The van der Waals surface area contributed by atoms with Crippen molar-refractivity contribution in [3.05, 3.63) is 0 Å². The minimum atomic E-state index is 0. The molecular formula is AlCrCuTi. The van der Waals surface area contributed by atoms with Gasteiger partial charge in [-0.3, -0.25) is 0 Å². The molecule has 0 unspecified atom stereocenters. The van der Waals surface area contributed by atoms with Gasteiger partial charge in [-0.15, -0.1) is 0 Å². The molecule has 0 N–H and O–H groups in total. The van der Waals surface area contributed by atoms with E-state index in [1.807, 2.05) is 0 Å². The average molecular weight is 190 g/mol. The SMILES string of the molecule is [Al].[Cr].[Cu].[Ti]. The van der Waals surface area contributed by atoms with Gasteiger partial charge in [0.05, 0.1) is 0 Å². The molecule has 0 saturated heterocycles. The van der Waals surface area contributed by atoms with Crippen molar-refractivity contribution in [3.8, 4) is 0 Å². The van der Waals surface area contributed by atoms with Crippen LogP contribution in [0.15, 0.2) is 0 Å². The number of hydrogen-bond acceptors (Lipinski definition) is 0. The molecule has 0 fully saturated rings. The van der Waals surface area contributed by atoms with Crippen molar-refractivity contribution >= 4 is 17.4 Å². The van der Waals surface area contributed by atoms with Crippen LogP contribution in [0.25, 0.3) is 0 Å². The van der Waals surface area contributed by atoms with E-state index in [1.165, 1.54) is 0 Å². The van der Waals surface area contributed by atoms with Crippen molar-refractivity contribution < 1.29 is 56.1 Å². The summed E-state index contributed by atoms with van der Waals surface area (Å²) < 4.78 is 0. The minimum absolute atomic E-state index is 0. The Hall–Kier alpha value is 2.30. The van der Waals surface area contributed by atoms with Crippen LogP contribution < -0.4 is 0 Å². The molecule has 0 aromatic carbocycles. The van der Waals surface area contributed by atoms with E-state index in [1.54, 1.807) is 0 Å². The molecule has 0 rings (SSSR count). The van der Waals surface area contributed by atoms with Crippen LogP contribution >= 0.6 is 0 Å². The third kappa shape index (κ3) is 8.85. The van der Waals surface area contributed by atoms with E-state index in [9.17, 15) is 0 Å². The molecule has 0 aliphatic carbocycles. The fraction of sp³-hybridized carbons (Fsp3) is 0. The Labute approximate surface area is 72.7 Å². The Morgan fingerprint density at radius 3 is 1.00 bits per heavy atom. The summed E-state index contributed by atoms with van der Waals surface area (Å²) in [4.78, 5) is 0. The molecule has 0 bridgehead atoms. The van der Waals surface area contributed by atoms with Crippen molar-refractivity contribution in [2.24, 2.45) is 0 Å². The molecule has 0 nitrogen and oxygen atoms in total. The Morgan fingerprint density at radius 2 is 1.00 bits per heavy atom. The van der Waals surface area contributed by atoms with Gasteiger partial charge in [0.25, 0.3) is 0 Å². The third-order valence-corrected chi connectivity index (χ3v) is 0. The van der Waals surface area contributed by atoms with E-state index in [0.717, 1.165) is 0 Å². The van der Waals surface area contributed by atoms with E-state index >= 15 is 0 Å². The van der Waals surface area contributed by atoms with Crippen LogP contribution in [0.2, 0.25) is 0 Å². The molecule has 0 aliphatic rings. The maximum absolute atomic E-state index is 0. The molecule has 0 spiro atoms. The van der Waals surface area contributed by atoms with E-state index in [4.69, 9.17) is 0 Å². The molecule has 0 heterocycles. The van der Waals surface area contributed by atoms with Crippen molar-refractivity contribution in [2.45, 2.75) is 0 Å². The second kappa shape index (κ2) is 18.5. The summed E-state index contributed by atoms with van der Waals surface area (Å²) in [5, 5.41) is 0. The molecule has 0 aromatic heterocycles. The van der Waals surface area contributed by atoms with Crippen LogP contribution in [0.5, 0.6) is 0 Å². The van der Waals surface area contributed by atoms with Crippen LogP contribution in [-0.2, 0) is 56.1 Å². The topological polar surface area (TPSA) is 0 Å². The van der Waals surface area contributed by atoms with Gasteiger partial charge in [-0.1, -0.05) is 0 Å². The number of rotatable bonds is 0. The zero-order valence-corrected chi connectivity index (χ0v) is 6.72. The Bertz CT molecular complexity index is 8.00. The zero-order valence-electron chi connectivity index (χ0n) is 1.79. The second-order valence-corrected chi connectivity index (χ2v) is 0. The maximum Gasteiger partial charge on any atom is 0 e. The quantitative estimate of drug-likeness (QED) is 0.457. The standard InChI is InChI=1S/Al.Cr.Cu.Ti. The summed E-state index contributed by atoms with van der Waals surface area (Å²) in [6.45, 7) is 0. The van der Waals surface area contributed by atoms with E-state index in [-0.39, 0.29) is 73.5 Å². The van der Waals surface area contributed by atoms with Gasteiger partial charge in [0.1, 0.15) is 0 Å². The summed E-state index contributed by atoms with van der Waals surface area (Å²) in [6.07, 6.45) is 0. The van der Waals surface area contributed by atoms with Crippen molar-refractivity contribution in [1.29, 1.82) is 0 Å². The van der Waals surface area contributed by atoms with E-state index in [2.05, 4.69) is 0 Å². The first-order chi connectivity index (χ1) is 0. The Kier molecular flexibility index (Phi) is 155. The fourth-order valence-corrected chi connectivity index (χ4v) is 0. The van der Waals surface area contributed by atoms with Gasteiger partial charge in [-0.25, -0.2) is 0 Å². The predicted octanol–water partition coefficient (Wildman–Crippen LogP) is -0.388. The van der Waals surface area contributed by atoms with Crippen LogP contribution in [0.4, 0.5) is 0 Å². The van der Waals surface area contributed by atoms with Crippen LogP contribution in [0, 0.1) is 0 Å². The molecule has 24 valence electrons. The average Bonchev–Trinajstić information content (AvgIpc) is 0. The van der Waals surface area contributed by atoms with Crippen LogP contribution in [-0.4, -0.2) is 17.4 Å². The summed E-state index contributed by atoms with van der Waals surface area (Å²) in [5.74, 6) is 0. The summed E-state index contributed by atoms with van der Waals surface area (Å²) in [6, 6.07) is 0. The van der Waals surface area contributed by atoms with E-state index < -0.39 is 0 Å². The van der Waals surface area contributed by atoms with Crippen LogP contribution in [0.3, 0.4) is 0 Å². The molecule has 0 amide bonds. The van der Waals surface area contributed by atoms with Gasteiger partial charge >= 0.3 is 0 Å². The first kappa shape index (κ1) is 33.5. The first-order valence-corrected chi connectivity index (χ1v) is 0. The normalized spacial score (nSPS) is 0. The summed E-state index contributed by atoms with van der Waals surface area (Å²) in [7, 11) is 0. The fourth-order valence-electron chi connectivity index (χ4n) is 0. The molecular weight excluding hydrogens is 190 g/mol. The monoisotopic (exact) mass is 190 g/mol. The van der Waals surface area contributed by atoms with Gasteiger partial charge in [0, 0.05) is 73.5 Å². The largest absolute Gasteiger partial charge is 0 e. The van der Waals surface area contributed by atoms with Crippen molar-refractivity contribution in [3.63, 3.8) is 0 Å². The molecule has 0 saturated carbocycles. The third-order valence-electron chi connectivity index (χ3n) is 0. The minimum Gasteiger partial charge on any atom is 0 e. The molecule has 4 radical (unpaired) electrons.